The van der Waals surface area contributed by atoms with E-state index < -0.39 is 5.82 Å². The maximum Gasteiger partial charge on any atom is 0.178 e. The van der Waals surface area contributed by atoms with E-state index in [9.17, 15) is 4.39 Å². The van der Waals surface area contributed by atoms with Crippen molar-refractivity contribution in [2.45, 2.75) is 0 Å². The molecule has 0 saturated heterocycles. The third kappa shape index (κ3) is 3.25. The molecule has 0 bridgehead atoms. The molecule has 1 aromatic carbocycles. The number of nitrogens with zero attached hydrogens (tertiary/aromatic N) is 1. The van der Waals surface area contributed by atoms with E-state index in [1.165, 1.54) is 18.2 Å². The van der Waals surface area contributed by atoms with Crippen molar-refractivity contribution in [1.82, 2.24) is 0 Å². The van der Waals surface area contributed by atoms with Crippen LogP contribution in [0.1, 0.15) is 5.56 Å². The average Bonchev–Trinajstić information content (AvgIpc) is 2.20. The highest BCUT2D eigenvalue weighted by Crippen LogP contribution is 2.09. The summed E-state index contributed by atoms with van der Waals surface area (Å²) in [5, 5.41) is 10.6. The molecule has 0 fully saturated rings. The molecule has 70 valence electrons. The van der Waals surface area contributed by atoms with Crippen LogP contribution in [0.4, 0.5) is 4.39 Å². The van der Waals surface area contributed by atoms with E-state index in [0.29, 0.717) is 0 Å². The number of benzene rings is 1. The summed E-state index contributed by atoms with van der Waals surface area (Å²) in [6.07, 6.45) is 0. The molecule has 0 saturated carbocycles. The first-order valence-electron chi connectivity index (χ1n) is 3.38. The second-order valence-electron chi connectivity index (χ2n) is 1.87. The van der Waals surface area contributed by atoms with Crippen molar-refractivity contribution in [2.75, 3.05) is 0 Å². The molecule has 0 heterocycles. The smallest absolute Gasteiger partial charge is 0.178 e. The van der Waals surface area contributed by atoms with Gasteiger partial charge in [-0.25, -0.2) is 4.39 Å². The van der Waals surface area contributed by atoms with Gasteiger partial charge in [-0.05, 0) is 12.1 Å². The minimum absolute atomic E-state index is 0.0941. The Hall–Kier alpha value is -1.35. The van der Waals surface area contributed by atoms with Crippen LogP contribution in [0.2, 0.25) is 0 Å². The van der Waals surface area contributed by atoms with Crippen LogP contribution >= 0.6 is 11.6 Å². The molecule has 0 aromatic heterocycles. The molecule has 0 unspecified atom stereocenters. The fourth-order valence-electron chi connectivity index (χ4n) is 0.682. The number of rotatable bonds is 1. The summed E-state index contributed by atoms with van der Waals surface area (Å²) in [4.78, 5) is 0. The van der Waals surface area contributed by atoms with Gasteiger partial charge in [0.2, 0.25) is 0 Å². The Kier molecular flexibility index (Phi) is 5.55. The predicted octanol–water partition coefficient (Wildman–Crippen LogP) is 3.00. The molecule has 1 aromatic rings. The van der Waals surface area contributed by atoms with E-state index in [-0.39, 0.29) is 10.7 Å². The second kappa shape index (κ2) is 6.20. The Balaban J connectivity index is 0.000000671. The van der Waals surface area contributed by atoms with E-state index in [2.05, 4.69) is 18.3 Å². The van der Waals surface area contributed by atoms with Crippen LogP contribution in [0.15, 0.2) is 42.6 Å². The lowest BCUT2D eigenvalue weighted by Gasteiger charge is -1.95. The van der Waals surface area contributed by atoms with Crippen molar-refractivity contribution >= 4 is 16.8 Å². The summed E-state index contributed by atoms with van der Waals surface area (Å²) < 4.78 is 12.8. The van der Waals surface area contributed by atoms with Gasteiger partial charge < -0.3 is 5.21 Å². The second-order valence-corrected chi connectivity index (χ2v) is 2.23. The van der Waals surface area contributed by atoms with E-state index in [0.717, 1.165) is 0 Å². The molecule has 0 aliphatic rings. The molecular formula is C9H9ClFNO. The van der Waals surface area contributed by atoms with Crippen LogP contribution in [-0.2, 0) is 0 Å². The van der Waals surface area contributed by atoms with Gasteiger partial charge in [-0.2, -0.15) is 0 Å². The zero-order valence-corrected chi connectivity index (χ0v) is 7.63. The van der Waals surface area contributed by atoms with Gasteiger partial charge >= 0.3 is 0 Å². The van der Waals surface area contributed by atoms with Gasteiger partial charge in [-0.1, -0.05) is 28.9 Å². The largest absolute Gasteiger partial charge is 0.410 e. The van der Waals surface area contributed by atoms with Crippen molar-refractivity contribution in [1.29, 1.82) is 0 Å². The Morgan fingerprint density at radius 3 is 2.38 bits per heavy atom. The van der Waals surface area contributed by atoms with Gasteiger partial charge in [0.05, 0.1) is 5.56 Å². The summed E-state index contributed by atoms with van der Waals surface area (Å²) >= 11 is 5.36. The zero-order chi connectivity index (χ0) is 10.3. The van der Waals surface area contributed by atoms with Gasteiger partial charge in [0.1, 0.15) is 5.82 Å². The molecule has 4 heteroatoms. The minimum atomic E-state index is -0.504. The molecule has 1 rings (SSSR count). The number of hydrogen-bond donors (Lipinski definition) is 1. The molecule has 0 atom stereocenters. The minimum Gasteiger partial charge on any atom is -0.410 e. The predicted molar refractivity (Wildman–Crippen MR) is 51.8 cm³/mol. The summed E-state index contributed by atoms with van der Waals surface area (Å²) in [6.45, 7) is 6.00. The first kappa shape index (κ1) is 11.6. The van der Waals surface area contributed by atoms with Gasteiger partial charge in [-0.15, -0.1) is 13.2 Å². The highest BCUT2D eigenvalue weighted by Gasteiger charge is 2.04. The maximum atomic E-state index is 12.8. The van der Waals surface area contributed by atoms with Gasteiger partial charge in [0.25, 0.3) is 0 Å². The van der Waals surface area contributed by atoms with Gasteiger partial charge in [0, 0.05) is 0 Å². The number of hydrogen-bond acceptors (Lipinski definition) is 2. The Morgan fingerprint density at radius 1 is 1.38 bits per heavy atom. The monoisotopic (exact) mass is 201 g/mol. The van der Waals surface area contributed by atoms with Crippen molar-refractivity contribution in [3.05, 3.63) is 48.8 Å². The van der Waals surface area contributed by atoms with E-state index >= 15 is 0 Å². The molecule has 13 heavy (non-hydrogen) atoms. The van der Waals surface area contributed by atoms with E-state index in [1.807, 2.05) is 0 Å². The molecule has 0 spiro atoms. The topological polar surface area (TPSA) is 32.6 Å². The van der Waals surface area contributed by atoms with Crippen molar-refractivity contribution < 1.29 is 9.60 Å². The highest BCUT2D eigenvalue weighted by molar-refractivity contribution is 6.69. The maximum absolute atomic E-state index is 12.8. The molecule has 0 aliphatic carbocycles. The number of oxime groups is 1. The normalized spacial score (nSPS) is 10.2. The van der Waals surface area contributed by atoms with Crippen LogP contribution < -0.4 is 0 Å². The molecule has 0 amide bonds. The lowest BCUT2D eigenvalue weighted by Crippen LogP contribution is -1.94. The Morgan fingerprint density at radius 2 is 1.92 bits per heavy atom. The van der Waals surface area contributed by atoms with E-state index in [1.54, 1.807) is 6.07 Å². The highest BCUT2D eigenvalue weighted by atomic mass is 35.5. The lowest BCUT2D eigenvalue weighted by atomic mass is 10.2. The fraction of sp³-hybridized carbons (Fsp3) is 0. The third-order valence-electron chi connectivity index (χ3n) is 1.18. The zero-order valence-electron chi connectivity index (χ0n) is 6.87. The molecule has 0 aliphatic heterocycles. The van der Waals surface area contributed by atoms with Gasteiger partial charge in [0.15, 0.2) is 5.17 Å². The van der Waals surface area contributed by atoms with Crippen LogP contribution in [0, 0.1) is 5.82 Å². The van der Waals surface area contributed by atoms with Crippen molar-refractivity contribution in [3.8, 4) is 0 Å². The van der Waals surface area contributed by atoms with Crippen LogP contribution in [0.3, 0.4) is 0 Å². The van der Waals surface area contributed by atoms with E-state index in [4.69, 9.17) is 16.8 Å². The summed E-state index contributed by atoms with van der Waals surface area (Å²) in [6, 6.07) is 5.80. The summed E-state index contributed by atoms with van der Waals surface area (Å²) in [5.41, 5.74) is 0.0941. The molecular weight excluding hydrogens is 193 g/mol. The average molecular weight is 202 g/mol. The third-order valence-corrected chi connectivity index (χ3v) is 1.46. The molecule has 1 N–H and O–H groups in total. The lowest BCUT2D eigenvalue weighted by molar-refractivity contribution is 0.320. The van der Waals surface area contributed by atoms with Crippen LogP contribution in [0.25, 0.3) is 0 Å². The first-order valence-corrected chi connectivity index (χ1v) is 3.76. The standard InChI is InChI=1S/C7H5ClFNO.C2H4/c8-7(10-11)5-3-1-2-4-6(5)9;1-2/h1-4,11H;1-2H2/b10-7-;. The van der Waals surface area contributed by atoms with Crippen molar-refractivity contribution in [2.24, 2.45) is 5.16 Å². The van der Waals surface area contributed by atoms with Gasteiger partial charge in [-0.3, -0.25) is 0 Å². The Labute approximate surface area is 81.0 Å². The van der Waals surface area contributed by atoms with Crippen molar-refractivity contribution in [3.63, 3.8) is 0 Å². The quantitative estimate of drug-likeness (QED) is 0.322. The fourth-order valence-corrected chi connectivity index (χ4v) is 0.836. The Bertz CT molecular complexity index is 301. The summed E-state index contributed by atoms with van der Waals surface area (Å²) in [5.74, 6) is -0.504. The summed E-state index contributed by atoms with van der Waals surface area (Å²) in [7, 11) is 0. The SMILES string of the molecule is C=C.O/N=C(\Cl)c1ccccc1F. The van der Waals surface area contributed by atoms with Crippen LogP contribution in [0.5, 0.6) is 0 Å². The molecule has 0 radical (unpaired) electrons. The van der Waals surface area contributed by atoms with Crippen LogP contribution in [-0.4, -0.2) is 10.4 Å². The molecule has 2 nitrogen and oxygen atoms in total. The number of halogens is 2. The first-order chi connectivity index (χ1) is 6.25.